The summed E-state index contributed by atoms with van der Waals surface area (Å²) >= 11 is 0. The molecule has 0 aliphatic heterocycles. The van der Waals surface area contributed by atoms with Gasteiger partial charge in [-0.15, -0.1) is 0 Å². The van der Waals surface area contributed by atoms with Crippen LogP contribution in [0, 0.1) is 0 Å². The van der Waals surface area contributed by atoms with Gasteiger partial charge in [-0.05, 0) is 32.0 Å². The number of aromatic nitrogens is 1. The molecular formula is C13H16N2O3. The van der Waals surface area contributed by atoms with Crippen molar-refractivity contribution < 1.29 is 14.0 Å². The van der Waals surface area contributed by atoms with Crippen LogP contribution in [0.1, 0.15) is 13.8 Å². The zero-order chi connectivity index (χ0) is 13.0. The van der Waals surface area contributed by atoms with Crippen molar-refractivity contribution in [2.45, 2.75) is 13.8 Å². The second-order valence-electron chi connectivity index (χ2n) is 3.64. The Morgan fingerprint density at radius 1 is 1.17 bits per heavy atom. The molecule has 0 atom stereocenters. The first kappa shape index (κ1) is 12.3. The number of hydrogen-bond acceptors (Lipinski definition) is 5. The van der Waals surface area contributed by atoms with Crippen LogP contribution in [0.4, 0.5) is 5.88 Å². The first-order valence-corrected chi connectivity index (χ1v) is 5.86. The quantitative estimate of drug-likeness (QED) is 0.880. The molecule has 1 aromatic heterocycles. The molecule has 1 aromatic carbocycles. The molecule has 96 valence electrons. The minimum atomic E-state index is 0.272. The standard InChI is InChI=1S/C13H16N2O3/c1-3-16-9-5-6-12(17-4-2)10(7-9)11-8-13(14)18-15-11/h5-8H,3-4,14H2,1-2H3. The fraction of sp³-hybridized carbons (Fsp3) is 0.308. The van der Waals surface area contributed by atoms with Gasteiger partial charge in [0.15, 0.2) is 0 Å². The molecule has 0 bridgehead atoms. The van der Waals surface area contributed by atoms with E-state index in [2.05, 4.69) is 5.16 Å². The van der Waals surface area contributed by atoms with Crippen molar-refractivity contribution in [2.24, 2.45) is 0 Å². The molecule has 1 heterocycles. The average molecular weight is 248 g/mol. The highest BCUT2D eigenvalue weighted by Gasteiger charge is 2.12. The number of ether oxygens (including phenoxy) is 2. The summed E-state index contributed by atoms with van der Waals surface area (Å²) < 4.78 is 15.9. The predicted molar refractivity (Wildman–Crippen MR) is 68.7 cm³/mol. The molecule has 0 saturated heterocycles. The molecule has 0 saturated carbocycles. The van der Waals surface area contributed by atoms with Crippen LogP contribution < -0.4 is 15.2 Å². The maximum Gasteiger partial charge on any atom is 0.222 e. The maximum absolute atomic E-state index is 5.56. The summed E-state index contributed by atoms with van der Waals surface area (Å²) in [6.07, 6.45) is 0. The number of hydrogen-bond donors (Lipinski definition) is 1. The average Bonchev–Trinajstić information content (AvgIpc) is 2.78. The van der Waals surface area contributed by atoms with Crippen LogP contribution in [-0.4, -0.2) is 18.4 Å². The Morgan fingerprint density at radius 3 is 2.56 bits per heavy atom. The molecule has 5 heteroatoms. The summed E-state index contributed by atoms with van der Waals surface area (Å²) in [7, 11) is 0. The smallest absolute Gasteiger partial charge is 0.222 e. The van der Waals surface area contributed by atoms with E-state index in [9.17, 15) is 0 Å². The number of nitrogens with zero attached hydrogens (tertiary/aromatic N) is 1. The van der Waals surface area contributed by atoms with Crippen molar-refractivity contribution in [1.29, 1.82) is 0 Å². The Labute approximate surface area is 105 Å². The fourth-order valence-electron chi connectivity index (χ4n) is 1.66. The molecule has 0 spiro atoms. The van der Waals surface area contributed by atoms with E-state index >= 15 is 0 Å². The van der Waals surface area contributed by atoms with Gasteiger partial charge in [0.2, 0.25) is 5.88 Å². The first-order valence-electron chi connectivity index (χ1n) is 5.86. The van der Waals surface area contributed by atoms with Gasteiger partial charge in [0.05, 0.1) is 13.2 Å². The molecule has 5 nitrogen and oxygen atoms in total. The van der Waals surface area contributed by atoms with Gasteiger partial charge in [-0.3, -0.25) is 0 Å². The zero-order valence-corrected chi connectivity index (χ0v) is 10.5. The molecule has 2 N–H and O–H groups in total. The Balaban J connectivity index is 2.43. The summed E-state index contributed by atoms with van der Waals surface area (Å²) in [5, 5.41) is 3.89. The van der Waals surface area contributed by atoms with Gasteiger partial charge in [-0.1, -0.05) is 5.16 Å². The summed E-state index contributed by atoms with van der Waals surface area (Å²) in [6.45, 7) is 5.05. The van der Waals surface area contributed by atoms with Gasteiger partial charge in [0, 0.05) is 11.6 Å². The van der Waals surface area contributed by atoms with Crippen molar-refractivity contribution in [2.75, 3.05) is 18.9 Å². The van der Waals surface area contributed by atoms with E-state index in [1.807, 2.05) is 32.0 Å². The third-order valence-corrected chi connectivity index (χ3v) is 2.37. The van der Waals surface area contributed by atoms with Gasteiger partial charge in [-0.2, -0.15) is 0 Å². The van der Waals surface area contributed by atoms with Gasteiger partial charge < -0.3 is 19.7 Å². The lowest BCUT2D eigenvalue weighted by Gasteiger charge is -2.10. The lowest BCUT2D eigenvalue weighted by molar-refractivity contribution is 0.331. The normalized spacial score (nSPS) is 10.3. The van der Waals surface area contributed by atoms with Crippen LogP contribution in [0.2, 0.25) is 0 Å². The van der Waals surface area contributed by atoms with Gasteiger partial charge in [0.25, 0.3) is 0 Å². The van der Waals surface area contributed by atoms with Crippen LogP contribution in [0.25, 0.3) is 11.3 Å². The van der Waals surface area contributed by atoms with E-state index in [4.69, 9.17) is 19.7 Å². The van der Waals surface area contributed by atoms with Crippen LogP contribution in [0.5, 0.6) is 11.5 Å². The molecule has 2 aromatic rings. The number of rotatable bonds is 5. The topological polar surface area (TPSA) is 70.5 Å². The van der Waals surface area contributed by atoms with E-state index in [1.54, 1.807) is 6.07 Å². The van der Waals surface area contributed by atoms with E-state index < -0.39 is 0 Å². The second kappa shape index (κ2) is 5.44. The van der Waals surface area contributed by atoms with E-state index in [0.29, 0.717) is 18.9 Å². The molecular weight excluding hydrogens is 232 g/mol. The molecule has 0 aliphatic rings. The van der Waals surface area contributed by atoms with Crippen molar-refractivity contribution in [1.82, 2.24) is 5.16 Å². The van der Waals surface area contributed by atoms with Crippen molar-refractivity contribution >= 4 is 5.88 Å². The Hall–Kier alpha value is -2.17. The molecule has 0 amide bonds. The molecule has 0 radical (unpaired) electrons. The first-order chi connectivity index (χ1) is 8.74. The van der Waals surface area contributed by atoms with Crippen LogP contribution >= 0.6 is 0 Å². The highest BCUT2D eigenvalue weighted by molar-refractivity contribution is 5.70. The number of nitrogens with two attached hydrogens (primary N) is 1. The molecule has 0 aliphatic carbocycles. The fourth-order valence-corrected chi connectivity index (χ4v) is 1.66. The second-order valence-corrected chi connectivity index (χ2v) is 3.64. The van der Waals surface area contributed by atoms with Gasteiger partial charge in [0.1, 0.15) is 17.2 Å². The van der Waals surface area contributed by atoms with Crippen LogP contribution in [-0.2, 0) is 0 Å². The minimum Gasteiger partial charge on any atom is -0.494 e. The largest absolute Gasteiger partial charge is 0.494 e. The van der Waals surface area contributed by atoms with Crippen LogP contribution in [0.15, 0.2) is 28.8 Å². The van der Waals surface area contributed by atoms with Crippen LogP contribution in [0.3, 0.4) is 0 Å². The SMILES string of the molecule is CCOc1ccc(OCC)c(-c2cc(N)on2)c1. The van der Waals surface area contributed by atoms with Gasteiger partial charge >= 0.3 is 0 Å². The zero-order valence-electron chi connectivity index (χ0n) is 10.5. The Bertz CT molecular complexity index is 523. The monoisotopic (exact) mass is 248 g/mol. The highest BCUT2D eigenvalue weighted by atomic mass is 16.5. The highest BCUT2D eigenvalue weighted by Crippen LogP contribution is 2.33. The van der Waals surface area contributed by atoms with Crippen molar-refractivity contribution in [3.05, 3.63) is 24.3 Å². The number of nitrogen functional groups attached to an aromatic ring is 1. The van der Waals surface area contributed by atoms with E-state index in [0.717, 1.165) is 17.1 Å². The summed E-state index contributed by atoms with van der Waals surface area (Å²) in [5.74, 6) is 1.76. The molecule has 18 heavy (non-hydrogen) atoms. The van der Waals surface area contributed by atoms with Gasteiger partial charge in [-0.25, -0.2) is 0 Å². The maximum atomic E-state index is 5.56. The summed E-state index contributed by atoms with van der Waals surface area (Å²) in [4.78, 5) is 0. The lowest BCUT2D eigenvalue weighted by Crippen LogP contribution is -1.96. The lowest BCUT2D eigenvalue weighted by atomic mass is 10.1. The Kier molecular flexibility index (Phi) is 3.72. The predicted octanol–water partition coefficient (Wildman–Crippen LogP) is 2.72. The molecule has 0 unspecified atom stereocenters. The summed E-state index contributed by atoms with van der Waals surface area (Å²) in [6, 6.07) is 7.25. The summed E-state index contributed by atoms with van der Waals surface area (Å²) in [5.41, 5.74) is 6.98. The van der Waals surface area contributed by atoms with Crippen molar-refractivity contribution in [3.63, 3.8) is 0 Å². The Morgan fingerprint density at radius 2 is 1.94 bits per heavy atom. The number of benzene rings is 1. The molecule has 0 fully saturated rings. The molecule has 2 rings (SSSR count). The third kappa shape index (κ3) is 2.56. The van der Waals surface area contributed by atoms with E-state index in [1.165, 1.54) is 0 Å². The third-order valence-electron chi connectivity index (χ3n) is 2.37. The van der Waals surface area contributed by atoms with E-state index in [-0.39, 0.29) is 5.88 Å². The minimum absolute atomic E-state index is 0.272. The number of anilines is 1. The van der Waals surface area contributed by atoms with Crippen molar-refractivity contribution in [3.8, 4) is 22.8 Å².